The first-order valence-corrected chi connectivity index (χ1v) is 8.32. The number of alkyl halides is 8. The summed E-state index contributed by atoms with van der Waals surface area (Å²) < 4.78 is 102. The molecule has 12 heteroatoms. The molecule has 0 N–H and O–H groups in total. The third-order valence-electron chi connectivity index (χ3n) is 4.76. The molecule has 160 valence electrons. The molecule has 0 bridgehead atoms. The van der Waals surface area contributed by atoms with Crippen molar-refractivity contribution < 1.29 is 44.6 Å². The number of benzene rings is 1. The van der Waals surface area contributed by atoms with Crippen LogP contribution < -0.4 is 0 Å². The topological polar surface area (TPSA) is 43.4 Å². The highest BCUT2D eigenvalue weighted by atomic mass is 19.4. The van der Waals surface area contributed by atoms with Crippen LogP contribution in [0.25, 0.3) is 0 Å². The van der Waals surface area contributed by atoms with Gasteiger partial charge in [0.1, 0.15) is 6.20 Å². The van der Waals surface area contributed by atoms with Crippen molar-refractivity contribution >= 4 is 5.91 Å². The van der Waals surface area contributed by atoms with E-state index >= 15 is 0 Å². The molecule has 3 rings (SSSR count). The highest BCUT2D eigenvalue weighted by Crippen LogP contribution is 2.40. The van der Waals surface area contributed by atoms with Gasteiger partial charge in [-0.2, -0.15) is 35.1 Å². The van der Waals surface area contributed by atoms with Gasteiger partial charge in [0.25, 0.3) is 0 Å². The third kappa shape index (κ3) is 4.69. The zero-order chi connectivity index (χ0) is 21.8. The Balaban J connectivity index is 1.82. The molecular weight excluding hydrogens is 416 g/mol. The summed E-state index contributed by atoms with van der Waals surface area (Å²) in [5.41, 5.74) is -3.30. The van der Waals surface area contributed by atoms with E-state index in [1.165, 1.54) is 0 Å². The van der Waals surface area contributed by atoms with Crippen molar-refractivity contribution in [3.8, 4) is 0 Å². The van der Waals surface area contributed by atoms with Crippen molar-refractivity contribution in [2.24, 2.45) is 0 Å². The van der Waals surface area contributed by atoms with Crippen LogP contribution in [0.2, 0.25) is 0 Å². The van der Waals surface area contributed by atoms with Gasteiger partial charge in [-0.25, -0.2) is 0 Å². The van der Waals surface area contributed by atoms with Gasteiger partial charge in [-0.05, 0) is 23.8 Å². The molecular formula is C17H14F8N2O2. The average molecular weight is 430 g/mol. The van der Waals surface area contributed by atoms with E-state index in [9.17, 15) is 45.1 Å². The maximum absolute atomic E-state index is 13.0. The minimum Gasteiger partial charge on any atom is -0.627 e. The predicted octanol–water partition coefficient (Wildman–Crippen LogP) is 4.47. The molecule has 4 nitrogen and oxygen atoms in total. The predicted molar refractivity (Wildman–Crippen MR) is 83.0 cm³/mol. The van der Waals surface area contributed by atoms with Crippen LogP contribution in [0.4, 0.5) is 35.1 Å². The van der Waals surface area contributed by atoms with Crippen LogP contribution in [0.5, 0.6) is 0 Å². The van der Waals surface area contributed by atoms with Gasteiger partial charge in [0.05, 0.1) is 17.3 Å². The summed E-state index contributed by atoms with van der Waals surface area (Å²) in [5, 5.41) is 11.9. The Bertz CT molecular complexity index is 807. The summed E-state index contributed by atoms with van der Waals surface area (Å²) in [6, 6.07) is 1.10. The van der Waals surface area contributed by atoms with Crippen molar-refractivity contribution in [3.05, 3.63) is 52.5 Å². The zero-order valence-corrected chi connectivity index (χ0v) is 14.5. The summed E-state index contributed by atoms with van der Waals surface area (Å²) in [4.78, 5) is 13.0. The van der Waals surface area contributed by atoms with Gasteiger partial charge < -0.3 is 14.8 Å². The lowest BCUT2D eigenvalue weighted by molar-refractivity contribution is -0.898. The van der Waals surface area contributed by atoms with Gasteiger partial charge in [0.2, 0.25) is 5.91 Å². The van der Waals surface area contributed by atoms with Crippen molar-refractivity contribution in [1.82, 2.24) is 4.90 Å². The number of hydrogen-bond donors (Lipinski definition) is 0. The van der Waals surface area contributed by atoms with Gasteiger partial charge in [0.15, 0.2) is 13.1 Å². The summed E-state index contributed by atoms with van der Waals surface area (Å²) in [5.74, 6) is -4.74. The maximum atomic E-state index is 13.0. The van der Waals surface area contributed by atoms with Crippen molar-refractivity contribution in [2.75, 3.05) is 19.6 Å². The largest absolute Gasteiger partial charge is 0.627 e. The number of carbonyl (C=O) groups excluding carboxylic acids is 1. The Morgan fingerprint density at radius 2 is 1.55 bits per heavy atom. The van der Waals surface area contributed by atoms with Gasteiger partial charge in [0, 0.05) is 18.9 Å². The van der Waals surface area contributed by atoms with Crippen molar-refractivity contribution in [3.63, 3.8) is 0 Å². The number of halogens is 8. The van der Waals surface area contributed by atoms with Crippen molar-refractivity contribution in [1.29, 1.82) is 0 Å². The van der Waals surface area contributed by atoms with E-state index in [0.717, 1.165) is 17.3 Å². The summed E-state index contributed by atoms with van der Waals surface area (Å²) in [6.45, 7) is -2.28. The molecule has 2 heterocycles. The lowest BCUT2D eigenvalue weighted by Crippen LogP contribution is -2.63. The minimum absolute atomic E-state index is 0.00657. The summed E-state index contributed by atoms with van der Waals surface area (Å²) in [7, 11) is 0. The van der Waals surface area contributed by atoms with Crippen LogP contribution >= 0.6 is 0 Å². The fraction of sp³-hybridized carbons (Fsp3) is 0.471. The number of rotatable bonds is 3. The summed E-state index contributed by atoms with van der Waals surface area (Å²) in [6.07, 6.45) is -8.62. The molecule has 2 saturated heterocycles. The van der Waals surface area contributed by atoms with E-state index < -0.39 is 59.0 Å². The van der Waals surface area contributed by atoms with Crippen LogP contribution in [0.1, 0.15) is 29.0 Å². The molecule has 0 radical (unpaired) electrons. The SMILES string of the molecule is O=C1CC(c2cc(C(F)(F)F)cc(C(F)(F)F)c2)CN1/C=C\[N+]1([O-])CC(F)(F)C1. The van der Waals surface area contributed by atoms with E-state index in [1.807, 2.05) is 0 Å². The Hall–Kier alpha value is -2.21. The molecule has 0 saturated carbocycles. The third-order valence-corrected chi connectivity index (χ3v) is 4.76. The second kappa shape index (κ2) is 6.66. The van der Waals surface area contributed by atoms with Gasteiger partial charge in [-0.15, -0.1) is 0 Å². The fourth-order valence-electron chi connectivity index (χ4n) is 3.36. The molecule has 1 amide bonds. The molecule has 0 aromatic heterocycles. The second-order valence-corrected chi connectivity index (χ2v) is 7.21. The van der Waals surface area contributed by atoms with Gasteiger partial charge >= 0.3 is 18.3 Å². The molecule has 0 aliphatic carbocycles. The maximum Gasteiger partial charge on any atom is 0.416 e. The molecule has 1 unspecified atom stereocenters. The Labute approximate surface area is 159 Å². The number of carbonyl (C=O) groups is 1. The smallest absolute Gasteiger partial charge is 0.416 e. The first-order valence-electron chi connectivity index (χ1n) is 8.32. The molecule has 2 aliphatic rings. The van der Waals surface area contributed by atoms with Gasteiger partial charge in [-0.1, -0.05) is 0 Å². The minimum atomic E-state index is -5.01. The molecule has 1 atom stereocenters. The molecule has 29 heavy (non-hydrogen) atoms. The van der Waals surface area contributed by atoms with Crippen LogP contribution in [-0.2, 0) is 17.1 Å². The number of nitrogens with zero attached hydrogens (tertiary/aromatic N) is 2. The quantitative estimate of drug-likeness (QED) is 0.404. The Morgan fingerprint density at radius 1 is 1.03 bits per heavy atom. The van der Waals surface area contributed by atoms with E-state index in [4.69, 9.17) is 0 Å². The van der Waals surface area contributed by atoms with E-state index in [2.05, 4.69) is 0 Å². The fourth-order valence-corrected chi connectivity index (χ4v) is 3.36. The second-order valence-electron chi connectivity index (χ2n) is 7.21. The summed E-state index contributed by atoms with van der Waals surface area (Å²) >= 11 is 0. The number of amides is 1. The van der Waals surface area contributed by atoms with E-state index in [0.29, 0.717) is 12.1 Å². The molecule has 2 aliphatic heterocycles. The normalized spacial score (nSPS) is 24.2. The van der Waals surface area contributed by atoms with Crippen LogP contribution in [0.3, 0.4) is 0 Å². The molecule has 2 fully saturated rings. The van der Waals surface area contributed by atoms with Crippen LogP contribution in [-0.4, -0.2) is 41.0 Å². The molecule has 1 aromatic rings. The number of likely N-dealkylation sites (tertiary alicyclic amines) is 2. The van der Waals surface area contributed by atoms with Gasteiger partial charge in [-0.3, -0.25) is 4.79 Å². The van der Waals surface area contributed by atoms with Crippen molar-refractivity contribution in [2.45, 2.75) is 30.6 Å². The number of quaternary nitrogens is 1. The monoisotopic (exact) mass is 430 g/mol. The number of hydrogen-bond acceptors (Lipinski definition) is 2. The lowest BCUT2D eigenvalue weighted by Gasteiger charge is -2.50. The highest BCUT2D eigenvalue weighted by Gasteiger charge is 2.52. The lowest BCUT2D eigenvalue weighted by atomic mass is 9.94. The standard InChI is InChI=1S/C17H14F8N2O2/c18-15(19)8-27(29,9-15)2-1-26-7-11(5-14(26)28)10-3-12(16(20,21)22)6-13(4-10)17(23,24)25/h1-4,6,11H,5,7-9H2/b2-1-. The first-order chi connectivity index (χ1) is 13.1. The zero-order valence-electron chi connectivity index (χ0n) is 14.5. The first kappa shape index (κ1) is 21.5. The van der Waals surface area contributed by atoms with Crippen LogP contribution in [0.15, 0.2) is 30.6 Å². The average Bonchev–Trinajstić information content (AvgIpc) is 2.90. The molecule has 0 spiro atoms. The van der Waals surface area contributed by atoms with E-state index in [-0.39, 0.29) is 24.6 Å². The molecule has 1 aromatic carbocycles. The Kier molecular flexibility index (Phi) is 4.94. The highest BCUT2D eigenvalue weighted by molar-refractivity contribution is 5.80. The van der Waals surface area contributed by atoms with E-state index in [1.54, 1.807) is 0 Å². The van der Waals surface area contributed by atoms with Crippen LogP contribution in [0, 0.1) is 5.21 Å². The Morgan fingerprint density at radius 3 is 2.00 bits per heavy atom. The number of hydroxylamine groups is 3.